The van der Waals surface area contributed by atoms with Crippen LogP contribution >= 0.6 is 15.9 Å². The molecule has 2 atom stereocenters. The molecule has 0 N–H and O–H groups in total. The van der Waals surface area contributed by atoms with Crippen LogP contribution in [0, 0.1) is 5.41 Å². The van der Waals surface area contributed by atoms with Crippen LogP contribution in [0.25, 0.3) is 0 Å². The predicted octanol–water partition coefficient (Wildman–Crippen LogP) is 3.50. The van der Waals surface area contributed by atoms with Crippen LogP contribution in [0.3, 0.4) is 0 Å². The van der Waals surface area contributed by atoms with Gasteiger partial charge in [-0.05, 0) is 41.4 Å². The molecule has 0 nitrogen and oxygen atoms in total. The Morgan fingerprint density at radius 2 is 2.33 bits per heavy atom. The fraction of sp³-hybridized carbons (Fsp3) is 0.455. The van der Waals surface area contributed by atoms with Gasteiger partial charge in [-0.3, -0.25) is 0 Å². The van der Waals surface area contributed by atoms with Crippen molar-refractivity contribution in [2.75, 3.05) is 0 Å². The van der Waals surface area contributed by atoms with E-state index in [0.29, 0.717) is 5.41 Å². The lowest BCUT2D eigenvalue weighted by Crippen LogP contribution is -1.94. The quantitative estimate of drug-likeness (QED) is 0.631. The van der Waals surface area contributed by atoms with Gasteiger partial charge in [0.15, 0.2) is 0 Å². The molecule has 1 aromatic rings. The van der Waals surface area contributed by atoms with Gasteiger partial charge >= 0.3 is 0 Å². The Labute approximate surface area is 81.1 Å². The standard InChI is InChI=1S/C11H11Br/c1-11-5-8-7(9(11)6-11)3-2-4-10(8)12/h2-4,9H,5-6H2,1H3. The van der Waals surface area contributed by atoms with E-state index in [1.165, 1.54) is 17.3 Å². The Morgan fingerprint density at radius 3 is 3.08 bits per heavy atom. The highest BCUT2D eigenvalue weighted by molar-refractivity contribution is 9.10. The first-order valence-corrected chi connectivity index (χ1v) is 5.27. The first-order chi connectivity index (χ1) is 5.71. The second kappa shape index (κ2) is 1.95. The Balaban J connectivity index is 2.21. The lowest BCUT2D eigenvalue weighted by Gasteiger charge is -2.05. The third-order valence-corrected chi connectivity index (χ3v) is 4.21. The van der Waals surface area contributed by atoms with Gasteiger partial charge in [0.2, 0.25) is 0 Å². The Morgan fingerprint density at radius 1 is 1.50 bits per heavy atom. The van der Waals surface area contributed by atoms with Crippen molar-refractivity contribution < 1.29 is 0 Å². The molecule has 0 aliphatic heterocycles. The minimum Gasteiger partial charge on any atom is -0.0608 e. The summed E-state index contributed by atoms with van der Waals surface area (Å²) in [7, 11) is 0. The topological polar surface area (TPSA) is 0 Å². The molecule has 1 saturated carbocycles. The SMILES string of the molecule is CC12Cc3c(Br)cccc3C1C2. The normalized spacial score (nSPS) is 36.0. The zero-order chi connectivity index (χ0) is 8.34. The van der Waals surface area contributed by atoms with Gasteiger partial charge in [0.05, 0.1) is 0 Å². The van der Waals surface area contributed by atoms with Gasteiger partial charge in [-0.2, -0.15) is 0 Å². The lowest BCUT2D eigenvalue weighted by molar-refractivity contribution is 0.578. The monoisotopic (exact) mass is 222 g/mol. The Bertz CT molecular complexity index is 356. The van der Waals surface area contributed by atoms with Crippen LogP contribution in [-0.2, 0) is 6.42 Å². The molecule has 0 radical (unpaired) electrons. The maximum absolute atomic E-state index is 3.62. The summed E-state index contributed by atoms with van der Waals surface area (Å²) in [6, 6.07) is 6.61. The van der Waals surface area contributed by atoms with Crippen molar-refractivity contribution in [3.63, 3.8) is 0 Å². The van der Waals surface area contributed by atoms with Gasteiger partial charge in [-0.15, -0.1) is 0 Å². The molecule has 2 aliphatic carbocycles. The van der Waals surface area contributed by atoms with Gasteiger partial charge in [0.25, 0.3) is 0 Å². The predicted molar refractivity (Wildman–Crippen MR) is 53.3 cm³/mol. The van der Waals surface area contributed by atoms with Crippen molar-refractivity contribution in [2.45, 2.75) is 25.7 Å². The van der Waals surface area contributed by atoms with Gasteiger partial charge in [-0.25, -0.2) is 0 Å². The molecule has 1 fully saturated rings. The molecule has 0 heterocycles. The van der Waals surface area contributed by atoms with Crippen molar-refractivity contribution in [1.82, 2.24) is 0 Å². The second-order valence-corrected chi connectivity index (χ2v) is 5.25. The molecule has 0 amide bonds. The first-order valence-electron chi connectivity index (χ1n) is 4.48. The highest BCUT2D eigenvalue weighted by atomic mass is 79.9. The maximum Gasteiger partial charge on any atom is 0.0210 e. The molecule has 2 aliphatic rings. The summed E-state index contributed by atoms with van der Waals surface area (Å²) in [6.07, 6.45) is 2.70. The number of benzene rings is 1. The summed E-state index contributed by atoms with van der Waals surface area (Å²) >= 11 is 3.62. The minimum absolute atomic E-state index is 0.631. The molecule has 2 unspecified atom stereocenters. The molecule has 1 aromatic carbocycles. The van der Waals surface area contributed by atoms with E-state index in [0.717, 1.165) is 5.92 Å². The Kier molecular flexibility index (Phi) is 1.16. The zero-order valence-corrected chi connectivity index (χ0v) is 8.69. The third-order valence-electron chi connectivity index (χ3n) is 3.46. The zero-order valence-electron chi connectivity index (χ0n) is 7.10. The van der Waals surface area contributed by atoms with E-state index in [1.807, 2.05) is 0 Å². The average molecular weight is 223 g/mol. The third kappa shape index (κ3) is 0.731. The summed E-state index contributed by atoms with van der Waals surface area (Å²) in [5.74, 6) is 0.880. The fourth-order valence-corrected chi connectivity index (χ4v) is 3.10. The summed E-state index contributed by atoms with van der Waals surface area (Å²) in [6.45, 7) is 2.41. The fourth-order valence-electron chi connectivity index (χ4n) is 2.58. The molecule has 0 bridgehead atoms. The number of halogens is 1. The van der Waals surface area contributed by atoms with E-state index in [2.05, 4.69) is 41.1 Å². The highest BCUT2D eigenvalue weighted by Crippen LogP contribution is 2.67. The van der Waals surface area contributed by atoms with E-state index >= 15 is 0 Å². The molecule has 3 rings (SSSR count). The van der Waals surface area contributed by atoms with E-state index in [4.69, 9.17) is 0 Å². The van der Waals surface area contributed by atoms with Crippen molar-refractivity contribution in [1.29, 1.82) is 0 Å². The lowest BCUT2D eigenvalue weighted by atomic mass is 10.0. The first kappa shape index (κ1) is 7.14. The molecule has 1 heteroatoms. The van der Waals surface area contributed by atoms with Gasteiger partial charge in [0, 0.05) is 4.47 Å². The highest BCUT2D eigenvalue weighted by Gasteiger charge is 2.56. The minimum atomic E-state index is 0.631. The molecular formula is C11H11Br. The maximum atomic E-state index is 3.62. The largest absolute Gasteiger partial charge is 0.0608 e. The van der Waals surface area contributed by atoms with E-state index in [1.54, 1.807) is 11.1 Å². The number of rotatable bonds is 0. The van der Waals surface area contributed by atoms with Gasteiger partial charge in [0.1, 0.15) is 0 Å². The Hall–Kier alpha value is -0.300. The van der Waals surface area contributed by atoms with Crippen LogP contribution in [0.15, 0.2) is 22.7 Å². The molecule has 0 saturated heterocycles. The van der Waals surface area contributed by atoms with Crippen molar-refractivity contribution in [3.8, 4) is 0 Å². The van der Waals surface area contributed by atoms with Crippen LogP contribution in [0.4, 0.5) is 0 Å². The molecular weight excluding hydrogens is 212 g/mol. The number of fused-ring (bicyclic) bond motifs is 3. The van der Waals surface area contributed by atoms with E-state index in [-0.39, 0.29) is 0 Å². The number of hydrogen-bond acceptors (Lipinski definition) is 0. The molecule has 0 aromatic heterocycles. The summed E-state index contributed by atoms with van der Waals surface area (Å²) in [5, 5.41) is 0. The van der Waals surface area contributed by atoms with Crippen LogP contribution in [0.2, 0.25) is 0 Å². The summed E-state index contributed by atoms with van der Waals surface area (Å²) in [4.78, 5) is 0. The van der Waals surface area contributed by atoms with E-state index < -0.39 is 0 Å². The summed E-state index contributed by atoms with van der Waals surface area (Å²) < 4.78 is 1.31. The number of hydrogen-bond donors (Lipinski definition) is 0. The molecule has 62 valence electrons. The second-order valence-electron chi connectivity index (χ2n) is 4.40. The van der Waals surface area contributed by atoms with Crippen LogP contribution in [0.1, 0.15) is 30.4 Å². The van der Waals surface area contributed by atoms with E-state index in [9.17, 15) is 0 Å². The van der Waals surface area contributed by atoms with Crippen LogP contribution in [0.5, 0.6) is 0 Å². The summed E-state index contributed by atoms with van der Waals surface area (Å²) in [5.41, 5.74) is 3.80. The molecule has 12 heavy (non-hydrogen) atoms. The average Bonchev–Trinajstić information content (AvgIpc) is 2.60. The van der Waals surface area contributed by atoms with Gasteiger partial charge in [-0.1, -0.05) is 35.0 Å². The van der Waals surface area contributed by atoms with Crippen molar-refractivity contribution >= 4 is 15.9 Å². The smallest absolute Gasteiger partial charge is 0.0210 e. The van der Waals surface area contributed by atoms with Gasteiger partial charge < -0.3 is 0 Å². The van der Waals surface area contributed by atoms with Crippen LogP contribution < -0.4 is 0 Å². The molecule has 0 spiro atoms. The van der Waals surface area contributed by atoms with Crippen molar-refractivity contribution in [3.05, 3.63) is 33.8 Å². The van der Waals surface area contributed by atoms with Crippen LogP contribution in [-0.4, -0.2) is 0 Å². The van der Waals surface area contributed by atoms with Crippen molar-refractivity contribution in [2.24, 2.45) is 5.41 Å².